The molecule has 4 aromatic rings. The summed E-state index contributed by atoms with van der Waals surface area (Å²) in [6, 6.07) is 22.7. The molecule has 40 heavy (non-hydrogen) atoms. The van der Waals surface area contributed by atoms with Crippen molar-refractivity contribution in [2.24, 2.45) is 0 Å². The van der Waals surface area contributed by atoms with Crippen molar-refractivity contribution in [3.63, 3.8) is 0 Å². The highest BCUT2D eigenvalue weighted by Crippen LogP contribution is 2.37. The molecule has 2 aliphatic rings. The third-order valence-electron chi connectivity index (χ3n) is 7.38. The van der Waals surface area contributed by atoms with Gasteiger partial charge < -0.3 is 19.2 Å². The standard InChI is InChI=1S/C30H25N3O7/c34-26-16-12-19-11-14-23(17-25(19)40-26)39-30(38)33-22-13-15-24(33)27(28(35)36)31(18-22)29(37)32(20-7-3-1-4-8-20)21-9-5-2-6-10-21/h1-12,14,16-17,22,24,27H,13,15,18H2,(H,35,36)/t22-,24+,27-/m0/s1. The summed E-state index contributed by atoms with van der Waals surface area (Å²) in [6.07, 6.45) is 0.215. The second-order valence-corrected chi connectivity index (χ2v) is 9.75. The Hall–Kier alpha value is -5.12. The van der Waals surface area contributed by atoms with Crippen LogP contribution in [0.1, 0.15) is 12.8 Å². The minimum Gasteiger partial charge on any atom is -0.480 e. The number of hydrogen-bond donors (Lipinski definition) is 1. The predicted octanol–water partition coefficient (Wildman–Crippen LogP) is 4.85. The van der Waals surface area contributed by atoms with E-state index in [4.69, 9.17) is 9.15 Å². The van der Waals surface area contributed by atoms with E-state index in [1.807, 2.05) is 36.4 Å². The Morgan fingerprint density at radius 1 is 0.875 bits per heavy atom. The fourth-order valence-corrected chi connectivity index (χ4v) is 5.64. The maximum atomic E-state index is 14.1. The Bertz CT molecular complexity index is 1600. The average Bonchev–Trinajstić information content (AvgIpc) is 3.26. The van der Waals surface area contributed by atoms with Gasteiger partial charge >= 0.3 is 23.7 Å². The molecule has 0 unspecified atom stereocenters. The van der Waals surface area contributed by atoms with Gasteiger partial charge in [0.05, 0.1) is 23.5 Å². The van der Waals surface area contributed by atoms with Crippen LogP contribution < -0.4 is 15.3 Å². The zero-order valence-electron chi connectivity index (χ0n) is 21.3. The Kier molecular flexibility index (Phi) is 6.43. The molecule has 6 rings (SSSR count). The first-order valence-electron chi connectivity index (χ1n) is 12.9. The second kappa shape index (κ2) is 10.2. The summed E-state index contributed by atoms with van der Waals surface area (Å²) in [5, 5.41) is 11.0. The van der Waals surface area contributed by atoms with Gasteiger partial charge in [-0.2, -0.15) is 0 Å². The number of rotatable bonds is 4. The van der Waals surface area contributed by atoms with Gasteiger partial charge in [0.1, 0.15) is 11.3 Å². The maximum absolute atomic E-state index is 14.1. The predicted molar refractivity (Wildman–Crippen MR) is 146 cm³/mol. The van der Waals surface area contributed by atoms with Gasteiger partial charge in [-0.3, -0.25) is 9.80 Å². The molecule has 10 nitrogen and oxygen atoms in total. The molecule has 2 aliphatic heterocycles. The van der Waals surface area contributed by atoms with E-state index in [1.54, 1.807) is 42.5 Å². The summed E-state index contributed by atoms with van der Waals surface area (Å²) >= 11 is 0. The van der Waals surface area contributed by atoms with E-state index >= 15 is 0 Å². The highest BCUT2D eigenvalue weighted by Gasteiger charge is 2.54. The number of carboxylic acids is 1. The summed E-state index contributed by atoms with van der Waals surface area (Å²) < 4.78 is 10.8. The number of benzene rings is 3. The van der Waals surface area contributed by atoms with Crippen LogP contribution in [0.2, 0.25) is 0 Å². The van der Waals surface area contributed by atoms with Crippen molar-refractivity contribution in [3.8, 4) is 5.75 Å². The molecule has 0 radical (unpaired) electrons. The van der Waals surface area contributed by atoms with Crippen LogP contribution >= 0.6 is 0 Å². The SMILES string of the molecule is O=C(O)[C@@H]1[C@H]2CC[C@@H](CN1C(=O)N(c1ccccc1)c1ccccc1)N2C(=O)Oc1ccc2ccc(=O)oc2c1. The second-order valence-electron chi connectivity index (χ2n) is 9.75. The molecule has 0 spiro atoms. The van der Waals surface area contributed by atoms with E-state index in [1.165, 1.54) is 26.8 Å². The molecule has 2 saturated heterocycles. The average molecular weight is 540 g/mol. The molecule has 3 heterocycles. The van der Waals surface area contributed by atoms with Crippen LogP contribution in [0.3, 0.4) is 0 Å². The first-order chi connectivity index (χ1) is 19.4. The maximum Gasteiger partial charge on any atom is 0.415 e. The number of aliphatic carboxylic acids is 1. The van der Waals surface area contributed by atoms with Crippen molar-refractivity contribution >= 4 is 40.4 Å². The lowest BCUT2D eigenvalue weighted by Gasteiger charge is -2.45. The Morgan fingerprint density at radius 3 is 2.17 bits per heavy atom. The van der Waals surface area contributed by atoms with Gasteiger partial charge in [0.15, 0.2) is 6.04 Å². The number of hydrogen-bond acceptors (Lipinski definition) is 6. The highest BCUT2D eigenvalue weighted by molar-refractivity contribution is 6.01. The number of fused-ring (bicyclic) bond motifs is 3. The van der Waals surface area contributed by atoms with Crippen LogP contribution in [0.5, 0.6) is 5.75 Å². The van der Waals surface area contributed by atoms with Crippen molar-refractivity contribution in [1.29, 1.82) is 0 Å². The van der Waals surface area contributed by atoms with Crippen molar-refractivity contribution in [1.82, 2.24) is 9.80 Å². The van der Waals surface area contributed by atoms with E-state index in [9.17, 15) is 24.3 Å². The van der Waals surface area contributed by atoms with Crippen molar-refractivity contribution < 1.29 is 28.6 Å². The van der Waals surface area contributed by atoms with Gasteiger partial charge in [-0.1, -0.05) is 36.4 Å². The summed E-state index contributed by atoms with van der Waals surface area (Å²) in [4.78, 5) is 55.9. The molecule has 2 bridgehead atoms. The lowest BCUT2D eigenvalue weighted by Crippen LogP contribution is -2.66. The minimum atomic E-state index is -1.27. The van der Waals surface area contributed by atoms with E-state index in [0.717, 1.165) is 0 Å². The topological polar surface area (TPSA) is 121 Å². The fourth-order valence-electron chi connectivity index (χ4n) is 5.64. The number of anilines is 2. The van der Waals surface area contributed by atoms with Crippen LogP contribution in [0.25, 0.3) is 11.0 Å². The van der Waals surface area contributed by atoms with Crippen LogP contribution in [0.4, 0.5) is 21.0 Å². The number of amides is 3. The first-order valence-corrected chi connectivity index (χ1v) is 12.9. The van der Waals surface area contributed by atoms with Crippen molar-refractivity contribution in [2.75, 3.05) is 11.4 Å². The van der Waals surface area contributed by atoms with Crippen molar-refractivity contribution in [2.45, 2.75) is 31.0 Å². The first kappa shape index (κ1) is 25.2. The zero-order chi connectivity index (χ0) is 27.8. The number of carbonyl (C=O) groups is 3. The number of likely N-dealkylation sites (tertiary alicyclic amines) is 1. The van der Waals surface area contributed by atoms with Crippen LogP contribution in [0.15, 0.2) is 100 Å². The molecule has 1 N–H and O–H groups in total. The molecule has 0 saturated carbocycles. The number of piperazine rings is 1. The summed E-state index contributed by atoms with van der Waals surface area (Å²) in [5.74, 6) is -1.04. The monoisotopic (exact) mass is 539 g/mol. The number of ether oxygens (including phenoxy) is 1. The van der Waals surface area contributed by atoms with Gasteiger partial charge in [-0.05, 0) is 55.3 Å². The number of nitrogens with zero attached hydrogens (tertiary/aromatic N) is 3. The Morgan fingerprint density at radius 2 is 1.52 bits per heavy atom. The molecule has 0 aliphatic carbocycles. The Balaban J connectivity index is 1.29. The van der Waals surface area contributed by atoms with E-state index < -0.39 is 41.8 Å². The van der Waals surface area contributed by atoms with Crippen molar-refractivity contribution in [3.05, 3.63) is 101 Å². The summed E-state index contributed by atoms with van der Waals surface area (Å²) in [7, 11) is 0. The van der Waals surface area contributed by atoms with E-state index in [-0.39, 0.29) is 17.9 Å². The van der Waals surface area contributed by atoms with Crippen LogP contribution in [-0.4, -0.2) is 57.7 Å². The molecular formula is C30H25N3O7. The fraction of sp³-hybridized carbons (Fsp3) is 0.200. The van der Waals surface area contributed by atoms with E-state index in [0.29, 0.717) is 29.6 Å². The molecule has 1 aromatic heterocycles. The third-order valence-corrected chi connectivity index (χ3v) is 7.38. The largest absolute Gasteiger partial charge is 0.480 e. The molecule has 3 atom stereocenters. The summed E-state index contributed by atoms with van der Waals surface area (Å²) in [6.45, 7) is 0.0319. The molecule has 3 amide bonds. The van der Waals surface area contributed by atoms with E-state index in [2.05, 4.69) is 0 Å². The zero-order valence-corrected chi connectivity index (χ0v) is 21.3. The third kappa shape index (κ3) is 4.53. The number of carboxylic acid groups (broad SMARTS) is 1. The number of para-hydroxylation sites is 2. The van der Waals surface area contributed by atoms with Crippen LogP contribution in [0, 0.1) is 0 Å². The quantitative estimate of drug-likeness (QED) is 0.368. The molecule has 3 aromatic carbocycles. The lowest BCUT2D eigenvalue weighted by atomic mass is 10.0. The van der Waals surface area contributed by atoms with Gasteiger partial charge in [-0.25, -0.2) is 19.2 Å². The molecule has 10 heteroatoms. The van der Waals surface area contributed by atoms with Gasteiger partial charge in [-0.15, -0.1) is 0 Å². The number of urea groups is 1. The minimum absolute atomic E-state index is 0.0319. The Labute approximate surface area is 228 Å². The van der Waals surface area contributed by atoms with Gasteiger partial charge in [0.25, 0.3) is 0 Å². The summed E-state index contributed by atoms with van der Waals surface area (Å²) in [5.41, 5.74) is 0.931. The smallest absolute Gasteiger partial charge is 0.415 e. The highest BCUT2D eigenvalue weighted by atomic mass is 16.6. The van der Waals surface area contributed by atoms with Gasteiger partial charge in [0.2, 0.25) is 0 Å². The molecule has 202 valence electrons. The molecular weight excluding hydrogens is 514 g/mol. The number of carbonyl (C=O) groups excluding carboxylic acids is 2. The van der Waals surface area contributed by atoms with Gasteiger partial charge in [0, 0.05) is 24.1 Å². The van der Waals surface area contributed by atoms with Crippen LogP contribution in [-0.2, 0) is 4.79 Å². The normalized spacial score (nSPS) is 19.9. The molecule has 2 fully saturated rings. The lowest BCUT2D eigenvalue weighted by molar-refractivity contribution is -0.145.